The molecule has 1 aromatic heterocycles. The van der Waals surface area contributed by atoms with Crippen molar-refractivity contribution in [1.29, 1.82) is 0 Å². The molecular formula is C23H19N3O3. The Hall–Kier alpha value is -3.80. The molecule has 1 heterocycles. The fraction of sp³-hybridized carbons (Fsp3) is 0.130. The van der Waals surface area contributed by atoms with Crippen molar-refractivity contribution < 1.29 is 9.45 Å². The Kier molecular flexibility index (Phi) is 4.91. The van der Waals surface area contributed by atoms with E-state index in [1.807, 2.05) is 37.3 Å². The van der Waals surface area contributed by atoms with Crippen molar-refractivity contribution in [3.8, 4) is 22.5 Å². The van der Waals surface area contributed by atoms with Crippen LogP contribution in [0.4, 0.5) is 5.69 Å². The van der Waals surface area contributed by atoms with Gasteiger partial charge in [0.2, 0.25) is 11.7 Å². The maximum Gasteiger partial charge on any atom is 0.273 e. The predicted octanol–water partition coefficient (Wildman–Crippen LogP) is 5.77. The van der Waals surface area contributed by atoms with Gasteiger partial charge in [0.25, 0.3) is 5.69 Å². The van der Waals surface area contributed by atoms with Gasteiger partial charge in [-0.2, -0.15) is 4.98 Å². The maximum atomic E-state index is 11.2. The van der Waals surface area contributed by atoms with E-state index in [1.165, 1.54) is 6.07 Å². The van der Waals surface area contributed by atoms with E-state index in [0.717, 1.165) is 16.7 Å². The monoisotopic (exact) mass is 385 g/mol. The summed E-state index contributed by atoms with van der Waals surface area (Å²) in [7, 11) is 0. The third kappa shape index (κ3) is 3.78. The van der Waals surface area contributed by atoms with E-state index in [0.29, 0.717) is 22.8 Å². The van der Waals surface area contributed by atoms with Crippen molar-refractivity contribution >= 4 is 5.69 Å². The summed E-state index contributed by atoms with van der Waals surface area (Å²) in [6.45, 7) is 3.70. The van der Waals surface area contributed by atoms with E-state index in [1.54, 1.807) is 19.1 Å². The van der Waals surface area contributed by atoms with Crippen LogP contribution < -0.4 is 0 Å². The summed E-state index contributed by atoms with van der Waals surface area (Å²) in [5, 5.41) is 15.2. The van der Waals surface area contributed by atoms with E-state index in [9.17, 15) is 10.1 Å². The molecule has 0 aliphatic carbocycles. The molecule has 0 bridgehead atoms. The number of hydrogen-bond acceptors (Lipinski definition) is 5. The lowest BCUT2D eigenvalue weighted by atomic mass is 9.96. The van der Waals surface area contributed by atoms with Crippen LogP contribution in [-0.4, -0.2) is 15.1 Å². The van der Waals surface area contributed by atoms with Gasteiger partial charge in [0.05, 0.1) is 10.8 Å². The van der Waals surface area contributed by atoms with Gasteiger partial charge < -0.3 is 4.52 Å². The van der Waals surface area contributed by atoms with Crippen molar-refractivity contribution in [2.24, 2.45) is 0 Å². The highest BCUT2D eigenvalue weighted by atomic mass is 16.6. The lowest BCUT2D eigenvalue weighted by Gasteiger charge is -2.09. The summed E-state index contributed by atoms with van der Waals surface area (Å²) in [4.78, 5) is 15.3. The molecule has 4 rings (SSSR count). The third-order valence-corrected chi connectivity index (χ3v) is 4.97. The number of hydrogen-bond donors (Lipinski definition) is 0. The number of nitro groups is 1. The molecule has 6 nitrogen and oxygen atoms in total. The summed E-state index contributed by atoms with van der Waals surface area (Å²) in [6, 6.07) is 23.3. The van der Waals surface area contributed by atoms with Crippen molar-refractivity contribution in [3.63, 3.8) is 0 Å². The minimum atomic E-state index is -0.405. The smallest absolute Gasteiger partial charge is 0.273 e. The molecule has 29 heavy (non-hydrogen) atoms. The molecule has 0 aliphatic rings. The van der Waals surface area contributed by atoms with Gasteiger partial charge in [-0.15, -0.1) is 0 Å². The second-order valence-electron chi connectivity index (χ2n) is 6.93. The van der Waals surface area contributed by atoms with Gasteiger partial charge in [-0.05, 0) is 30.5 Å². The molecule has 0 aliphatic heterocycles. The molecule has 0 spiro atoms. The first kappa shape index (κ1) is 18.6. The first-order valence-corrected chi connectivity index (χ1v) is 9.27. The zero-order valence-electron chi connectivity index (χ0n) is 16.1. The average molecular weight is 385 g/mol. The molecule has 0 fully saturated rings. The summed E-state index contributed by atoms with van der Waals surface area (Å²) in [5.74, 6) is 0.697. The normalized spacial score (nSPS) is 11.9. The maximum absolute atomic E-state index is 11.2. The minimum absolute atomic E-state index is 0.0393. The van der Waals surface area contributed by atoms with Crippen molar-refractivity contribution in [1.82, 2.24) is 10.1 Å². The quantitative estimate of drug-likeness (QED) is 0.322. The van der Waals surface area contributed by atoms with Crippen molar-refractivity contribution in [2.45, 2.75) is 19.8 Å². The molecular weight excluding hydrogens is 366 g/mol. The van der Waals surface area contributed by atoms with Gasteiger partial charge in [0.15, 0.2) is 0 Å². The SMILES string of the molecule is Cc1ccc(-c2noc(C(C)c3cccc(-c4ccccc4)c3)n2)cc1[N+](=O)[O-]. The minimum Gasteiger partial charge on any atom is -0.338 e. The van der Waals surface area contributed by atoms with Crippen LogP contribution in [0.1, 0.15) is 29.9 Å². The molecule has 0 radical (unpaired) electrons. The van der Waals surface area contributed by atoms with Crippen LogP contribution in [0.15, 0.2) is 77.3 Å². The Morgan fingerprint density at radius 2 is 1.69 bits per heavy atom. The molecule has 0 saturated carbocycles. The van der Waals surface area contributed by atoms with Gasteiger partial charge in [-0.3, -0.25) is 10.1 Å². The topological polar surface area (TPSA) is 82.1 Å². The van der Waals surface area contributed by atoms with Crippen molar-refractivity contribution in [2.75, 3.05) is 0 Å². The number of nitrogens with zero attached hydrogens (tertiary/aromatic N) is 3. The molecule has 4 aromatic rings. The van der Waals surface area contributed by atoms with Gasteiger partial charge >= 0.3 is 0 Å². The Morgan fingerprint density at radius 3 is 2.45 bits per heavy atom. The molecule has 3 aromatic carbocycles. The highest BCUT2D eigenvalue weighted by molar-refractivity contribution is 5.64. The van der Waals surface area contributed by atoms with Crippen LogP contribution in [0, 0.1) is 17.0 Å². The Balaban J connectivity index is 1.64. The van der Waals surface area contributed by atoms with E-state index >= 15 is 0 Å². The molecule has 144 valence electrons. The lowest BCUT2D eigenvalue weighted by molar-refractivity contribution is -0.385. The Bertz CT molecular complexity index is 1170. The second-order valence-corrected chi connectivity index (χ2v) is 6.93. The van der Waals surface area contributed by atoms with Crippen LogP contribution >= 0.6 is 0 Å². The zero-order valence-corrected chi connectivity index (χ0v) is 16.1. The largest absolute Gasteiger partial charge is 0.338 e. The van der Waals surface area contributed by atoms with Crippen LogP contribution in [-0.2, 0) is 0 Å². The molecule has 0 saturated heterocycles. The van der Waals surface area contributed by atoms with E-state index in [4.69, 9.17) is 4.52 Å². The van der Waals surface area contributed by atoms with Crippen molar-refractivity contribution in [3.05, 3.63) is 99.9 Å². The fourth-order valence-electron chi connectivity index (χ4n) is 3.23. The number of aryl methyl sites for hydroxylation is 1. The highest BCUT2D eigenvalue weighted by Crippen LogP contribution is 2.30. The third-order valence-electron chi connectivity index (χ3n) is 4.97. The van der Waals surface area contributed by atoms with Gasteiger partial charge in [-0.1, -0.05) is 71.9 Å². The van der Waals surface area contributed by atoms with Gasteiger partial charge in [0.1, 0.15) is 0 Å². The molecule has 0 N–H and O–H groups in total. The number of benzene rings is 3. The van der Waals surface area contributed by atoms with E-state index in [-0.39, 0.29) is 11.6 Å². The van der Waals surface area contributed by atoms with Crippen LogP contribution in [0.5, 0.6) is 0 Å². The summed E-state index contributed by atoms with van der Waals surface area (Å²) < 4.78 is 5.48. The molecule has 0 amide bonds. The first-order chi connectivity index (χ1) is 14.0. The summed E-state index contributed by atoms with van der Waals surface area (Å²) >= 11 is 0. The first-order valence-electron chi connectivity index (χ1n) is 9.27. The Morgan fingerprint density at radius 1 is 0.931 bits per heavy atom. The number of nitro benzene ring substituents is 1. The number of rotatable bonds is 5. The lowest BCUT2D eigenvalue weighted by Crippen LogP contribution is -1.97. The number of aromatic nitrogens is 2. The van der Waals surface area contributed by atoms with E-state index in [2.05, 4.69) is 34.4 Å². The fourth-order valence-corrected chi connectivity index (χ4v) is 3.23. The van der Waals surface area contributed by atoms with Gasteiger partial charge in [0, 0.05) is 17.2 Å². The second kappa shape index (κ2) is 7.67. The van der Waals surface area contributed by atoms with Crippen LogP contribution in [0.25, 0.3) is 22.5 Å². The zero-order chi connectivity index (χ0) is 20.4. The van der Waals surface area contributed by atoms with Gasteiger partial charge in [-0.25, -0.2) is 0 Å². The average Bonchev–Trinajstić information content (AvgIpc) is 3.24. The van der Waals surface area contributed by atoms with Crippen LogP contribution in [0.2, 0.25) is 0 Å². The predicted molar refractivity (Wildman–Crippen MR) is 111 cm³/mol. The molecule has 1 atom stereocenters. The van der Waals surface area contributed by atoms with Crippen LogP contribution in [0.3, 0.4) is 0 Å². The standard InChI is InChI=1S/C23H19N3O3/c1-15-11-12-20(14-21(15)26(27)28)22-24-23(29-25-22)16(2)18-9-6-10-19(13-18)17-7-4-3-5-8-17/h3-14,16H,1-2H3. The molecule has 1 unspecified atom stereocenters. The van der Waals surface area contributed by atoms with E-state index < -0.39 is 4.92 Å². The Labute approximate surface area is 168 Å². The summed E-state index contributed by atoms with van der Waals surface area (Å²) in [6.07, 6.45) is 0. The highest BCUT2D eigenvalue weighted by Gasteiger charge is 2.19. The molecule has 6 heteroatoms. The summed E-state index contributed by atoms with van der Waals surface area (Å²) in [5.41, 5.74) is 4.49.